The van der Waals surface area contributed by atoms with Crippen molar-refractivity contribution in [1.82, 2.24) is 20.9 Å². The zero-order valence-corrected chi connectivity index (χ0v) is 23.0. The average molecular weight is 572 g/mol. The second-order valence-corrected chi connectivity index (χ2v) is 9.75. The number of aliphatic hydroxyl groups is 1. The number of guanidine groups is 1. The monoisotopic (exact) mass is 571 g/mol. The third kappa shape index (κ3) is 12.1. The molecular formula is C24H45N9O7. The van der Waals surface area contributed by atoms with E-state index in [0.717, 1.165) is 0 Å². The number of aliphatic hydroxyl groups excluding tert-OH is 1. The van der Waals surface area contributed by atoms with Crippen molar-refractivity contribution in [2.45, 2.75) is 88.6 Å². The Morgan fingerprint density at radius 1 is 1.05 bits per heavy atom. The number of carboxylic acid groups (broad SMARTS) is 1. The summed E-state index contributed by atoms with van der Waals surface area (Å²) < 4.78 is 0. The van der Waals surface area contributed by atoms with Gasteiger partial charge in [0.1, 0.15) is 24.2 Å². The Balaban J connectivity index is 2.90. The molecule has 1 saturated heterocycles. The number of hydrogen-bond donors (Lipinski definition) is 9. The van der Waals surface area contributed by atoms with Crippen LogP contribution in [0.4, 0.5) is 0 Å². The van der Waals surface area contributed by atoms with Crippen LogP contribution in [-0.4, -0.2) is 107 Å². The maximum absolute atomic E-state index is 13.5. The number of hydrogen-bond acceptors (Lipinski definition) is 9. The first-order valence-electron chi connectivity index (χ1n) is 13.5. The number of rotatable bonds is 18. The van der Waals surface area contributed by atoms with Gasteiger partial charge in [0.25, 0.3) is 0 Å². The van der Waals surface area contributed by atoms with Gasteiger partial charge >= 0.3 is 5.97 Å². The molecule has 0 aromatic carbocycles. The SMILES string of the molecule is C[C@@H](O)[C@H](N)C(=O)N[C@@H](CCCCNC(=O)CCN)C(=O)N1CCC[C@H]1C(=O)N[C@@H](CCCN=C(N)N)C(=O)O. The van der Waals surface area contributed by atoms with E-state index in [1.165, 1.54) is 11.8 Å². The number of likely N-dealkylation sites (tertiary alicyclic amines) is 1. The Bertz CT molecular complexity index is 896. The summed E-state index contributed by atoms with van der Waals surface area (Å²) in [5.74, 6) is -3.40. The molecule has 4 amide bonds. The topological polar surface area (TPSA) is 282 Å². The summed E-state index contributed by atoms with van der Waals surface area (Å²) in [6, 6.07) is -4.43. The van der Waals surface area contributed by atoms with Crippen molar-refractivity contribution >= 4 is 35.6 Å². The maximum Gasteiger partial charge on any atom is 0.326 e. The lowest BCUT2D eigenvalue weighted by Gasteiger charge is -2.30. The molecule has 13 N–H and O–H groups in total. The van der Waals surface area contributed by atoms with Gasteiger partial charge in [-0.05, 0) is 51.9 Å². The minimum Gasteiger partial charge on any atom is -0.480 e. The summed E-state index contributed by atoms with van der Waals surface area (Å²) >= 11 is 0. The molecular weight excluding hydrogens is 526 g/mol. The molecule has 0 unspecified atom stereocenters. The molecule has 16 heteroatoms. The van der Waals surface area contributed by atoms with Gasteiger partial charge < -0.3 is 54.0 Å². The second-order valence-electron chi connectivity index (χ2n) is 9.75. The van der Waals surface area contributed by atoms with Crippen LogP contribution in [0.5, 0.6) is 0 Å². The number of amides is 4. The highest BCUT2D eigenvalue weighted by atomic mass is 16.4. The number of aliphatic imine (C=N–C) groups is 1. The Kier molecular flexibility index (Phi) is 15.5. The minimum atomic E-state index is -1.26. The molecule has 1 aliphatic rings. The van der Waals surface area contributed by atoms with Crippen LogP contribution in [0, 0.1) is 0 Å². The molecule has 0 radical (unpaired) electrons. The third-order valence-corrected chi connectivity index (χ3v) is 6.45. The van der Waals surface area contributed by atoms with Gasteiger partial charge in [-0.1, -0.05) is 0 Å². The first-order valence-corrected chi connectivity index (χ1v) is 13.5. The molecule has 1 rings (SSSR count). The van der Waals surface area contributed by atoms with Crippen LogP contribution in [0.15, 0.2) is 4.99 Å². The number of unbranched alkanes of at least 4 members (excludes halogenated alkanes) is 1. The molecule has 0 aromatic rings. The summed E-state index contributed by atoms with van der Waals surface area (Å²) in [5.41, 5.74) is 21.6. The van der Waals surface area contributed by atoms with E-state index >= 15 is 0 Å². The summed E-state index contributed by atoms with van der Waals surface area (Å²) in [6.07, 6.45) is 1.42. The highest BCUT2D eigenvalue weighted by Crippen LogP contribution is 2.20. The molecule has 40 heavy (non-hydrogen) atoms. The molecule has 0 spiro atoms. The van der Waals surface area contributed by atoms with Gasteiger partial charge in [0.05, 0.1) is 6.10 Å². The van der Waals surface area contributed by atoms with Crippen LogP contribution in [0.25, 0.3) is 0 Å². The smallest absolute Gasteiger partial charge is 0.326 e. The van der Waals surface area contributed by atoms with E-state index in [1.807, 2.05) is 0 Å². The van der Waals surface area contributed by atoms with E-state index in [-0.39, 0.29) is 50.8 Å². The van der Waals surface area contributed by atoms with E-state index in [1.54, 1.807) is 0 Å². The summed E-state index contributed by atoms with van der Waals surface area (Å²) in [7, 11) is 0. The van der Waals surface area contributed by atoms with Crippen molar-refractivity contribution in [3.63, 3.8) is 0 Å². The largest absolute Gasteiger partial charge is 0.480 e. The van der Waals surface area contributed by atoms with E-state index in [2.05, 4.69) is 20.9 Å². The Hall–Kier alpha value is -3.50. The quantitative estimate of drug-likeness (QED) is 0.0440. The van der Waals surface area contributed by atoms with E-state index in [0.29, 0.717) is 38.6 Å². The van der Waals surface area contributed by atoms with Crippen molar-refractivity contribution in [3.8, 4) is 0 Å². The number of nitrogens with zero attached hydrogens (tertiary/aromatic N) is 2. The van der Waals surface area contributed by atoms with Crippen molar-refractivity contribution in [2.75, 3.05) is 26.2 Å². The molecule has 1 heterocycles. The lowest BCUT2D eigenvalue weighted by atomic mass is 10.1. The molecule has 0 aliphatic carbocycles. The molecule has 16 nitrogen and oxygen atoms in total. The van der Waals surface area contributed by atoms with E-state index in [4.69, 9.17) is 22.9 Å². The number of carboxylic acids is 1. The third-order valence-electron chi connectivity index (χ3n) is 6.45. The normalized spacial score (nSPS) is 17.7. The van der Waals surface area contributed by atoms with Crippen LogP contribution in [-0.2, 0) is 24.0 Å². The molecule has 0 aromatic heterocycles. The molecule has 228 valence electrons. The van der Waals surface area contributed by atoms with Gasteiger partial charge in [-0.3, -0.25) is 24.2 Å². The first-order chi connectivity index (χ1) is 18.9. The lowest BCUT2D eigenvalue weighted by molar-refractivity contribution is -0.145. The fourth-order valence-corrected chi connectivity index (χ4v) is 4.20. The van der Waals surface area contributed by atoms with Crippen LogP contribution >= 0.6 is 0 Å². The first kappa shape index (κ1) is 34.5. The van der Waals surface area contributed by atoms with Gasteiger partial charge in [-0.25, -0.2) is 4.79 Å². The maximum atomic E-state index is 13.5. The highest BCUT2D eigenvalue weighted by Gasteiger charge is 2.39. The van der Waals surface area contributed by atoms with Gasteiger partial charge in [0.2, 0.25) is 23.6 Å². The van der Waals surface area contributed by atoms with Gasteiger partial charge in [-0.2, -0.15) is 0 Å². The number of nitrogens with two attached hydrogens (primary N) is 4. The molecule has 0 saturated carbocycles. The highest BCUT2D eigenvalue weighted by molar-refractivity contribution is 5.94. The lowest BCUT2D eigenvalue weighted by Crippen LogP contribution is -2.57. The van der Waals surface area contributed by atoms with Gasteiger partial charge in [0.15, 0.2) is 5.96 Å². The Morgan fingerprint density at radius 3 is 2.33 bits per heavy atom. The van der Waals surface area contributed by atoms with Crippen molar-refractivity contribution in [2.24, 2.45) is 27.9 Å². The summed E-state index contributed by atoms with van der Waals surface area (Å²) in [6.45, 7) is 2.37. The summed E-state index contributed by atoms with van der Waals surface area (Å²) in [4.78, 5) is 67.6. The predicted molar refractivity (Wildman–Crippen MR) is 146 cm³/mol. The zero-order valence-electron chi connectivity index (χ0n) is 23.0. The zero-order chi connectivity index (χ0) is 30.2. The standard InChI is InChI=1S/C24H45N9O7/c1-14(34)19(26)21(37)31-15(6-2-3-11-29-18(35)9-10-25)22(38)33-13-5-8-17(33)20(36)32-16(23(39)40)7-4-12-30-24(27)28/h14-17,19,34H,2-13,25-26H2,1H3,(H,29,35)(H,31,37)(H,32,36)(H,39,40)(H4,27,28,30)/t14-,15+,16+,17+,19+/m1/s1. The molecule has 0 bridgehead atoms. The number of aliphatic carboxylic acids is 1. The minimum absolute atomic E-state index is 0.0796. The van der Waals surface area contributed by atoms with Crippen LogP contribution in [0.1, 0.15) is 58.3 Å². The second kappa shape index (κ2) is 18.0. The van der Waals surface area contributed by atoms with Crippen LogP contribution < -0.4 is 38.9 Å². The number of carbonyl (C=O) groups excluding carboxylic acids is 4. The Labute approximate surface area is 233 Å². The fourth-order valence-electron chi connectivity index (χ4n) is 4.20. The Morgan fingerprint density at radius 2 is 1.73 bits per heavy atom. The van der Waals surface area contributed by atoms with Crippen LogP contribution in [0.3, 0.4) is 0 Å². The van der Waals surface area contributed by atoms with Crippen molar-refractivity contribution in [3.05, 3.63) is 0 Å². The van der Waals surface area contributed by atoms with Crippen molar-refractivity contribution in [1.29, 1.82) is 0 Å². The van der Waals surface area contributed by atoms with E-state index < -0.39 is 54.0 Å². The molecule has 5 atom stereocenters. The average Bonchev–Trinajstić information content (AvgIpc) is 3.38. The summed E-state index contributed by atoms with van der Waals surface area (Å²) in [5, 5.41) is 27.0. The fraction of sp³-hybridized carbons (Fsp3) is 0.750. The number of nitrogens with one attached hydrogen (secondary N) is 3. The molecule has 1 aliphatic heterocycles. The predicted octanol–water partition coefficient (Wildman–Crippen LogP) is -3.57. The number of carbonyl (C=O) groups is 5. The van der Waals surface area contributed by atoms with Gasteiger partial charge in [0, 0.05) is 32.6 Å². The van der Waals surface area contributed by atoms with Gasteiger partial charge in [-0.15, -0.1) is 0 Å². The van der Waals surface area contributed by atoms with E-state index in [9.17, 15) is 34.2 Å². The van der Waals surface area contributed by atoms with Crippen LogP contribution in [0.2, 0.25) is 0 Å². The van der Waals surface area contributed by atoms with Crippen molar-refractivity contribution < 1.29 is 34.2 Å². The molecule has 1 fully saturated rings.